The number of rotatable bonds is 28. The number of esters is 4. The Morgan fingerprint density at radius 2 is 0.592 bits per heavy atom. The lowest BCUT2D eigenvalue weighted by molar-refractivity contribution is -0.152. The van der Waals surface area contributed by atoms with Crippen molar-refractivity contribution in [3.63, 3.8) is 0 Å². The van der Waals surface area contributed by atoms with Crippen molar-refractivity contribution >= 4 is 23.9 Å². The molecule has 0 saturated heterocycles. The van der Waals surface area contributed by atoms with Crippen LogP contribution in [0.15, 0.2) is 0 Å². The molecular weight excluding hydrogens is 624 g/mol. The van der Waals surface area contributed by atoms with Crippen LogP contribution in [0.4, 0.5) is 0 Å². The Kier molecular flexibility index (Phi) is 34.9. The van der Waals surface area contributed by atoms with Crippen molar-refractivity contribution in [2.75, 3.05) is 39.6 Å². The number of hydrogen-bond acceptors (Lipinski definition) is 9. The molecule has 0 unspecified atom stereocenters. The summed E-state index contributed by atoms with van der Waals surface area (Å²) in [6.07, 6.45) is 14.7. The Morgan fingerprint density at radius 1 is 0.367 bits per heavy atom. The van der Waals surface area contributed by atoms with Crippen molar-refractivity contribution in [3.05, 3.63) is 0 Å². The van der Waals surface area contributed by atoms with Gasteiger partial charge < -0.3 is 23.7 Å². The van der Waals surface area contributed by atoms with E-state index >= 15 is 0 Å². The molecular formula is C40H72O9. The van der Waals surface area contributed by atoms with Crippen molar-refractivity contribution in [1.82, 2.24) is 0 Å². The minimum atomic E-state index is -0.170. The Labute approximate surface area is 299 Å². The van der Waals surface area contributed by atoms with Gasteiger partial charge >= 0.3 is 23.9 Å². The largest absolute Gasteiger partial charge is 0.463 e. The van der Waals surface area contributed by atoms with E-state index in [0.29, 0.717) is 13.2 Å². The lowest BCUT2D eigenvalue weighted by Gasteiger charge is -2.15. The van der Waals surface area contributed by atoms with Gasteiger partial charge in [0.05, 0.1) is 36.9 Å². The first-order valence-electron chi connectivity index (χ1n) is 19.4. The van der Waals surface area contributed by atoms with Crippen molar-refractivity contribution < 1.29 is 42.9 Å². The highest BCUT2D eigenvalue weighted by Gasteiger charge is 2.20. The van der Waals surface area contributed by atoms with Gasteiger partial charge in [-0.15, -0.1) is 0 Å². The van der Waals surface area contributed by atoms with E-state index in [9.17, 15) is 19.2 Å². The molecule has 0 radical (unpaired) electrons. The van der Waals surface area contributed by atoms with Gasteiger partial charge in [0.1, 0.15) is 13.2 Å². The first-order chi connectivity index (χ1) is 23.7. The van der Waals surface area contributed by atoms with Gasteiger partial charge in [-0.25, -0.2) is 0 Å². The van der Waals surface area contributed by atoms with E-state index in [1.54, 1.807) is 0 Å². The second kappa shape index (κ2) is 35.2. The molecule has 0 aliphatic carbocycles. The predicted molar refractivity (Wildman–Crippen MR) is 196 cm³/mol. The topological polar surface area (TPSA) is 114 Å². The summed E-state index contributed by atoms with van der Waals surface area (Å²) in [5.74, 6) is 4.86. The minimum Gasteiger partial charge on any atom is -0.463 e. The fraction of sp³-hybridized carbons (Fsp3) is 0.850. The summed E-state index contributed by atoms with van der Waals surface area (Å²) in [4.78, 5) is 47.7. The molecule has 0 aromatic rings. The van der Waals surface area contributed by atoms with E-state index < -0.39 is 0 Å². The molecule has 0 rings (SSSR count). The van der Waals surface area contributed by atoms with E-state index in [4.69, 9.17) is 23.7 Å². The number of hydrogen-bond donors (Lipinski definition) is 0. The zero-order chi connectivity index (χ0) is 37.1. The van der Waals surface area contributed by atoms with Crippen molar-refractivity contribution in [2.45, 2.75) is 158 Å². The quantitative estimate of drug-likeness (QED) is 0.0342. The van der Waals surface area contributed by atoms with Gasteiger partial charge in [-0.1, -0.05) is 119 Å². The molecule has 0 aromatic heterocycles. The van der Waals surface area contributed by atoms with Crippen molar-refractivity contribution in [2.24, 2.45) is 23.7 Å². The maximum absolute atomic E-state index is 12.0. The van der Waals surface area contributed by atoms with Crippen LogP contribution >= 0.6 is 0 Å². The van der Waals surface area contributed by atoms with Crippen LogP contribution in [-0.2, 0) is 42.9 Å². The molecule has 0 fully saturated rings. The lowest BCUT2D eigenvalue weighted by atomic mass is 9.99. The molecule has 9 heteroatoms. The monoisotopic (exact) mass is 697 g/mol. The third-order valence-corrected chi connectivity index (χ3v) is 8.07. The zero-order valence-electron chi connectivity index (χ0n) is 32.5. The van der Waals surface area contributed by atoms with E-state index in [-0.39, 0.29) is 74.0 Å². The number of ether oxygens (including phenoxy) is 5. The van der Waals surface area contributed by atoms with E-state index in [1.807, 2.05) is 0 Å². The van der Waals surface area contributed by atoms with Crippen LogP contribution in [0.3, 0.4) is 0 Å². The van der Waals surface area contributed by atoms with Crippen molar-refractivity contribution in [1.29, 1.82) is 0 Å². The average Bonchev–Trinajstić information content (AvgIpc) is 3.08. The summed E-state index contributed by atoms with van der Waals surface area (Å²) >= 11 is 0. The molecule has 0 aromatic carbocycles. The molecule has 0 N–H and O–H groups in total. The van der Waals surface area contributed by atoms with Gasteiger partial charge in [-0.2, -0.15) is 0 Å². The van der Waals surface area contributed by atoms with E-state index in [1.165, 1.54) is 0 Å². The average molecular weight is 697 g/mol. The van der Waals surface area contributed by atoms with Gasteiger partial charge in [0.2, 0.25) is 0 Å². The van der Waals surface area contributed by atoms with Crippen LogP contribution in [0, 0.1) is 35.5 Å². The molecule has 0 atom stereocenters. The molecule has 0 heterocycles. The van der Waals surface area contributed by atoms with Crippen LogP contribution in [0.1, 0.15) is 158 Å². The van der Waals surface area contributed by atoms with Crippen LogP contribution in [0.2, 0.25) is 0 Å². The number of carbonyl (C=O) groups excluding carboxylic acids is 4. The number of carbonyl (C=O) groups is 4. The Morgan fingerprint density at radius 3 is 0.816 bits per heavy atom. The molecule has 0 saturated carbocycles. The highest BCUT2D eigenvalue weighted by Crippen LogP contribution is 2.17. The van der Waals surface area contributed by atoms with Crippen LogP contribution in [0.5, 0.6) is 0 Å². The SMILES string of the molecule is CCCC(CCC)C(=O)OCC#CCOC(=O)C(CCC)CCC.CCCC(CCC)C(=O)OCCOCCOC(=O)C(CCC)CCC. The standard InChI is InChI=1S/C20H38O5.C20H34O4/c1-5-9-17(10-6-2)19(21)24-15-13-23-14-16-25-20(22)18(11-7-3)12-8-4;1-5-11-17(12-6-2)19(21)23-15-9-10-16-24-20(22)18(13-7-3)14-8-4/h17-18H,5-16H2,1-4H3;17-18H,5-8,11-16H2,1-4H3. The van der Waals surface area contributed by atoms with Crippen molar-refractivity contribution in [3.8, 4) is 11.8 Å². The summed E-state index contributed by atoms with van der Waals surface area (Å²) < 4.78 is 26.3. The fourth-order valence-electron chi connectivity index (χ4n) is 5.60. The third kappa shape index (κ3) is 26.9. The van der Waals surface area contributed by atoms with Gasteiger partial charge in [0.25, 0.3) is 0 Å². The molecule has 0 amide bonds. The summed E-state index contributed by atoms with van der Waals surface area (Å²) in [7, 11) is 0. The molecule has 0 spiro atoms. The highest BCUT2D eigenvalue weighted by molar-refractivity contribution is 5.73. The second-order valence-electron chi connectivity index (χ2n) is 12.6. The Bertz CT molecular complexity index is 800. The first-order valence-corrected chi connectivity index (χ1v) is 19.4. The highest BCUT2D eigenvalue weighted by atomic mass is 16.6. The third-order valence-electron chi connectivity index (χ3n) is 8.07. The normalized spacial score (nSPS) is 10.8. The molecule has 286 valence electrons. The maximum atomic E-state index is 12.0. The molecule has 49 heavy (non-hydrogen) atoms. The molecule has 0 bridgehead atoms. The minimum absolute atomic E-state index is 0.00465. The van der Waals surface area contributed by atoms with Gasteiger partial charge in [0.15, 0.2) is 13.2 Å². The Hall–Kier alpha value is -2.60. The summed E-state index contributed by atoms with van der Waals surface area (Å²) in [5.41, 5.74) is 0. The second-order valence-corrected chi connectivity index (χ2v) is 12.6. The summed E-state index contributed by atoms with van der Waals surface area (Å²) in [6.45, 7) is 17.9. The first kappa shape index (κ1) is 48.5. The van der Waals surface area contributed by atoms with E-state index in [0.717, 1.165) is 103 Å². The van der Waals surface area contributed by atoms with Crippen LogP contribution in [0.25, 0.3) is 0 Å². The molecule has 0 aliphatic heterocycles. The van der Waals surface area contributed by atoms with Crippen LogP contribution in [-0.4, -0.2) is 63.5 Å². The zero-order valence-corrected chi connectivity index (χ0v) is 32.5. The summed E-state index contributed by atoms with van der Waals surface area (Å²) in [5, 5.41) is 0. The lowest BCUT2D eigenvalue weighted by Crippen LogP contribution is -2.22. The summed E-state index contributed by atoms with van der Waals surface area (Å²) in [6, 6.07) is 0. The smallest absolute Gasteiger partial charge is 0.309 e. The molecule has 0 aliphatic rings. The maximum Gasteiger partial charge on any atom is 0.309 e. The fourth-order valence-corrected chi connectivity index (χ4v) is 5.60. The van der Waals surface area contributed by atoms with Gasteiger partial charge in [0, 0.05) is 0 Å². The van der Waals surface area contributed by atoms with Gasteiger partial charge in [-0.05, 0) is 51.4 Å². The van der Waals surface area contributed by atoms with E-state index in [2.05, 4.69) is 67.2 Å². The Balaban J connectivity index is 0. The van der Waals surface area contributed by atoms with Gasteiger partial charge in [-0.3, -0.25) is 19.2 Å². The predicted octanol–water partition coefficient (Wildman–Crippen LogP) is 9.03. The molecule has 9 nitrogen and oxygen atoms in total. The van der Waals surface area contributed by atoms with Crippen LogP contribution < -0.4 is 0 Å².